The molecule has 1 heterocycles. The van der Waals surface area contributed by atoms with E-state index in [0.29, 0.717) is 0 Å². The molecule has 0 spiro atoms. The molecule has 0 aliphatic carbocycles. The Kier molecular flexibility index (Phi) is 3.38. The average molecular weight is 266 g/mol. The fourth-order valence-electron chi connectivity index (χ4n) is 1.58. The van der Waals surface area contributed by atoms with E-state index in [0.717, 1.165) is 6.07 Å². The number of aryl methyl sites for hydroxylation is 1. The summed E-state index contributed by atoms with van der Waals surface area (Å²) in [5.74, 6) is -1.32. The number of nitrogens with zero attached hydrogens (tertiary/aromatic N) is 4. The van der Waals surface area contributed by atoms with Crippen LogP contribution in [0.2, 0.25) is 0 Å². The minimum atomic E-state index is -0.705. The Bertz CT molecular complexity index is 626. The van der Waals surface area contributed by atoms with Gasteiger partial charge in [-0.05, 0) is 35.0 Å². The number of halogens is 1. The minimum absolute atomic E-state index is 0.0890. The van der Waals surface area contributed by atoms with E-state index >= 15 is 0 Å². The first-order valence-electron chi connectivity index (χ1n) is 5.27. The van der Waals surface area contributed by atoms with Crippen molar-refractivity contribution in [3.8, 4) is 0 Å². The van der Waals surface area contributed by atoms with Gasteiger partial charge in [0.15, 0.2) is 0 Å². The van der Waals surface area contributed by atoms with Gasteiger partial charge in [-0.25, -0.2) is 9.07 Å². The van der Waals surface area contributed by atoms with E-state index in [2.05, 4.69) is 20.8 Å². The summed E-state index contributed by atoms with van der Waals surface area (Å²) in [6, 6.07) is 2.40. The zero-order valence-corrected chi connectivity index (χ0v) is 10.2. The van der Waals surface area contributed by atoms with Crippen LogP contribution in [0.3, 0.4) is 0 Å². The fourth-order valence-corrected chi connectivity index (χ4v) is 1.58. The van der Waals surface area contributed by atoms with Crippen LogP contribution in [0.1, 0.15) is 15.9 Å². The molecule has 1 aromatic heterocycles. The summed E-state index contributed by atoms with van der Waals surface area (Å²) in [7, 11) is 1.53. The fraction of sp³-hybridized carbons (Fsp3) is 0.200. The number of nitrogens with one attached hydrogen (secondary N) is 2. The third-order valence-corrected chi connectivity index (χ3v) is 2.61. The molecule has 0 aliphatic rings. The zero-order valence-electron chi connectivity index (χ0n) is 10.2. The van der Waals surface area contributed by atoms with Gasteiger partial charge in [-0.1, -0.05) is 5.10 Å². The molecule has 0 atom stereocenters. The van der Waals surface area contributed by atoms with Crippen LogP contribution in [-0.2, 0) is 7.05 Å². The molecular weight excluding hydrogens is 255 g/mol. The van der Waals surface area contributed by atoms with E-state index in [1.54, 1.807) is 0 Å². The molecule has 100 valence electrons. The first kappa shape index (κ1) is 12.9. The summed E-state index contributed by atoms with van der Waals surface area (Å²) in [5.41, 5.74) is 2.22. The number of hydrogen-bond donors (Lipinski definition) is 3. The summed E-state index contributed by atoms with van der Waals surface area (Å²) in [4.78, 5) is 12.0. The molecular formula is C10H11FN6O2. The van der Waals surface area contributed by atoms with Gasteiger partial charge in [-0.2, -0.15) is 0 Å². The zero-order chi connectivity index (χ0) is 14.0. The van der Waals surface area contributed by atoms with E-state index in [9.17, 15) is 9.18 Å². The van der Waals surface area contributed by atoms with Crippen LogP contribution in [0.5, 0.6) is 0 Å². The Morgan fingerprint density at radius 3 is 2.79 bits per heavy atom. The number of tetrazole rings is 1. The molecule has 3 N–H and O–H groups in total. The van der Waals surface area contributed by atoms with Crippen molar-refractivity contribution in [2.24, 2.45) is 7.05 Å². The van der Waals surface area contributed by atoms with Gasteiger partial charge in [0.1, 0.15) is 5.82 Å². The Morgan fingerprint density at radius 2 is 2.21 bits per heavy atom. The number of anilines is 2. The SMILES string of the molecule is Cc1c(NO)ccc(F)c1C(=O)Nc1nnnn1C. The molecule has 0 aliphatic heterocycles. The normalized spacial score (nSPS) is 10.3. The van der Waals surface area contributed by atoms with Crippen molar-refractivity contribution < 1.29 is 14.4 Å². The average Bonchev–Trinajstić information content (AvgIpc) is 2.75. The van der Waals surface area contributed by atoms with Crippen molar-refractivity contribution in [3.05, 3.63) is 29.1 Å². The maximum Gasteiger partial charge on any atom is 0.261 e. The van der Waals surface area contributed by atoms with Crippen molar-refractivity contribution >= 4 is 17.5 Å². The number of amides is 1. The van der Waals surface area contributed by atoms with Crippen LogP contribution in [-0.4, -0.2) is 31.3 Å². The smallest absolute Gasteiger partial charge is 0.261 e. The second-order valence-corrected chi connectivity index (χ2v) is 3.79. The van der Waals surface area contributed by atoms with Crippen LogP contribution >= 0.6 is 0 Å². The van der Waals surface area contributed by atoms with E-state index in [4.69, 9.17) is 5.21 Å². The molecule has 0 radical (unpaired) electrons. The maximum absolute atomic E-state index is 13.7. The maximum atomic E-state index is 13.7. The molecule has 0 unspecified atom stereocenters. The highest BCUT2D eigenvalue weighted by atomic mass is 19.1. The van der Waals surface area contributed by atoms with Crippen LogP contribution in [0.25, 0.3) is 0 Å². The predicted molar refractivity (Wildman–Crippen MR) is 63.3 cm³/mol. The van der Waals surface area contributed by atoms with Gasteiger partial charge in [0.05, 0.1) is 11.3 Å². The highest BCUT2D eigenvalue weighted by molar-refractivity contribution is 6.05. The van der Waals surface area contributed by atoms with Crippen molar-refractivity contribution in [1.29, 1.82) is 0 Å². The minimum Gasteiger partial charge on any atom is -0.291 e. The van der Waals surface area contributed by atoms with Gasteiger partial charge in [0, 0.05) is 7.05 Å². The largest absolute Gasteiger partial charge is 0.291 e. The van der Waals surface area contributed by atoms with Crippen LogP contribution in [0.15, 0.2) is 12.1 Å². The van der Waals surface area contributed by atoms with Crippen LogP contribution < -0.4 is 10.8 Å². The first-order chi connectivity index (χ1) is 9.04. The summed E-state index contributed by atoms with van der Waals surface area (Å²) >= 11 is 0. The lowest BCUT2D eigenvalue weighted by molar-refractivity contribution is 0.102. The predicted octanol–water partition coefficient (Wildman–Crippen LogP) is 0.711. The molecule has 0 saturated carbocycles. The van der Waals surface area contributed by atoms with Crippen LogP contribution in [0.4, 0.5) is 16.0 Å². The second-order valence-electron chi connectivity index (χ2n) is 3.79. The molecule has 0 bridgehead atoms. The standard InChI is InChI=1S/C10H11FN6O2/c1-5-7(14-19)4-3-6(11)8(5)9(18)12-10-13-15-16-17(10)2/h3-4,14,19H,1-2H3,(H,12,13,16,18). The van der Waals surface area contributed by atoms with Gasteiger partial charge < -0.3 is 0 Å². The molecule has 2 aromatic rings. The molecule has 1 amide bonds. The number of aromatic nitrogens is 4. The number of rotatable bonds is 3. The summed E-state index contributed by atoms with van der Waals surface area (Å²) in [6.07, 6.45) is 0. The van der Waals surface area contributed by atoms with Gasteiger partial charge >= 0.3 is 0 Å². The van der Waals surface area contributed by atoms with E-state index in [1.165, 1.54) is 24.7 Å². The second kappa shape index (κ2) is 4.98. The van der Waals surface area contributed by atoms with Crippen LogP contribution in [0, 0.1) is 12.7 Å². The Labute approximate surface area is 107 Å². The van der Waals surface area contributed by atoms with Gasteiger partial charge in [-0.15, -0.1) is 0 Å². The molecule has 19 heavy (non-hydrogen) atoms. The van der Waals surface area contributed by atoms with E-state index < -0.39 is 11.7 Å². The Morgan fingerprint density at radius 1 is 1.47 bits per heavy atom. The lowest BCUT2D eigenvalue weighted by Gasteiger charge is -2.10. The third-order valence-electron chi connectivity index (χ3n) is 2.61. The van der Waals surface area contributed by atoms with Crippen molar-refractivity contribution in [2.45, 2.75) is 6.92 Å². The number of carbonyl (C=O) groups is 1. The Hall–Kier alpha value is -2.55. The molecule has 0 saturated heterocycles. The monoisotopic (exact) mass is 266 g/mol. The van der Waals surface area contributed by atoms with Crippen molar-refractivity contribution in [1.82, 2.24) is 20.2 Å². The van der Waals surface area contributed by atoms with E-state index in [1.807, 2.05) is 5.48 Å². The molecule has 0 fully saturated rings. The summed E-state index contributed by atoms with van der Waals surface area (Å²) < 4.78 is 15.0. The number of benzene rings is 1. The lowest BCUT2D eigenvalue weighted by Crippen LogP contribution is -2.18. The highest BCUT2D eigenvalue weighted by Crippen LogP contribution is 2.22. The van der Waals surface area contributed by atoms with Crippen molar-refractivity contribution in [3.63, 3.8) is 0 Å². The number of carbonyl (C=O) groups excluding carboxylic acids is 1. The first-order valence-corrected chi connectivity index (χ1v) is 5.27. The van der Waals surface area contributed by atoms with Gasteiger partial charge in [0.25, 0.3) is 5.91 Å². The highest BCUT2D eigenvalue weighted by Gasteiger charge is 2.19. The molecule has 9 heteroatoms. The summed E-state index contributed by atoms with van der Waals surface area (Å²) in [6.45, 7) is 1.51. The molecule has 8 nitrogen and oxygen atoms in total. The topological polar surface area (TPSA) is 105 Å². The number of hydrogen-bond acceptors (Lipinski definition) is 6. The lowest BCUT2D eigenvalue weighted by atomic mass is 10.1. The van der Waals surface area contributed by atoms with Gasteiger partial charge in [0.2, 0.25) is 5.95 Å². The summed E-state index contributed by atoms with van der Waals surface area (Å²) in [5, 5.41) is 21.7. The third kappa shape index (κ3) is 2.36. The van der Waals surface area contributed by atoms with E-state index in [-0.39, 0.29) is 22.8 Å². The molecule has 2 rings (SSSR count). The van der Waals surface area contributed by atoms with Crippen molar-refractivity contribution in [2.75, 3.05) is 10.8 Å². The molecule has 1 aromatic carbocycles. The quantitative estimate of drug-likeness (QED) is 0.707. The Balaban J connectivity index is 2.36. The van der Waals surface area contributed by atoms with Gasteiger partial charge in [-0.3, -0.25) is 20.8 Å².